The van der Waals surface area contributed by atoms with Crippen LogP contribution in [0.4, 0.5) is 4.79 Å². The molecular formula is C19H29N3O2. The Balaban J connectivity index is 1.43. The summed E-state index contributed by atoms with van der Waals surface area (Å²) in [4.78, 5) is 14.7. The Morgan fingerprint density at radius 1 is 1.21 bits per heavy atom. The van der Waals surface area contributed by atoms with Crippen LogP contribution in [-0.4, -0.2) is 48.3 Å². The fourth-order valence-corrected chi connectivity index (χ4v) is 3.98. The van der Waals surface area contributed by atoms with Gasteiger partial charge in [-0.15, -0.1) is 0 Å². The van der Waals surface area contributed by atoms with Crippen LogP contribution in [0.5, 0.6) is 0 Å². The first-order valence-corrected chi connectivity index (χ1v) is 9.20. The number of aliphatic hydroxyl groups is 1. The Labute approximate surface area is 144 Å². The molecule has 2 atom stereocenters. The molecule has 0 bridgehead atoms. The first kappa shape index (κ1) is 17.2. The average molecular weight is 331 g/mol. The third-order valence-corrected chi connectivity index (χ3v) is 5.29. The number of nitrogens with one attached hydrogen (secondary N) is 2. The molecular weight excluding hydrogens is 302 g/mol. The van der Waals surface area contributed by atoms with Gasteiger partial charge in [-0.25, -0.2) is 4.79 Å². The zero-order valence-corrected chi connectivity index (χ0v) is 14.3. The Bertz CT molecular complexity index is 517. The van der Waals surface area contributed by atoms with Crippen LogP contribution in [0.3, 0.4) is 0 Å². The molecule has 5 nitrogen and oxygen atoms in total. The number of rotatable bonds is 6. The molecule has 1 heterocycles. The van der Waals surface area contributed by atoms with E-state index in [0.29, 0.717) is 0 Å². The molecule has 3 rings (SSSR count). The summed E-state index contributed by atoms with van der Waals surface area (Å²) in [6.45, 7) is 3.10. The van der Waals surface area contributed by atoms with E-state index in [-0.39, 0.29) is 24.7 Å². The molecule has 3 N–H and O–H groups in total. The zero-order valence-electron chi connectivity index (χ0n) is 14.3. The molecule has 1 aliphatic carbocycles. The van der Waals surface area contributed by atoms with E-state index >= 15 is 0 Å². The second-order valence-electron chi connectivity index (χ2n) is 7.16. The number of likely N-dealkylation sites (tertiary alicyclic amines) is 1. The van der Waals surface area contributed by atoms with Crippen LogP contribution in [0.25, 0.3) is 0 Å². The number of hydrogen-bond acceptors (Lipinski definition) is 3. The van der Waals surface area contributed by atoms with Gasteiger partial charge >= 0.3 is 6.03 Å². The molecule has 2 aliphatic rings. The molecule has 1 saturated carbocycles. The van der Waals surface area contributed by atoms with E-state index in [1.54, 1.807) is 0 Å². The van der Waals surface area contributed by atoms with Crippen molar-refractivity contribution >= 4 is 6.03 Å². The minimum atomic E-state index is -0.359. The van der Waals surface area contributed by atoms with E-state index < -0.39 is 0 Å². The Morgan fingerprint density at radius 3 is 2.67 bits per heavy atom. The summed E-state index contributed by atoms with van der Waals surface area (Å²) in [6, 6.07) is 9.25. The lowest BCUT2D eigenvalue weighted by Gasteiger charge is -2.21. The summed E-state index contributed by atoms with van der Waals surface area (Å²) in [5.74, 6) is 0.856. The van der Waals surface area contributed by atoms with E-state index in [9.17, 15) is 9.90 Å². The molecule has 0 aromatic heterocycles. The highest BCUT2D eigenvalue weighted by Crippen LogP contribution is 2.26. The van der Waals surface area contributed by atoms with Gasteiger partial charge in [0.05, 0.1) is 12.6 Å². The van der Waals surface area contributed by atoms with E-state index in [1.807, 2.05) is 30.3 Å². The maximum absolute atomic E-state index is 12.2. The zero-order chi connectivity index (χ0) is 16.8. The predicted octanol–water partition coefficient (Wildman–Crippen LogP) is 2.28. The van der Waals surface area contributed by atoms with Crippen molar-refractivity contribution in [1.82, 2.24) is 15.5 Å². The van der Waals surface area contributed by atoms with Crippen LogP contribution in [0.15, 0.2) is 30.3 Å². The second kappa shape index (κ2) is 8.49. The van der Waals surface area contributed by atoms with Crippen LogP contribution < -0.4 is 10.6 Å². The Kier molecular flexibility index (Phi) is 6.10. The van der Waals surface area contributed by atoms with Crippen LogP contribution in [-0.2, 0) is 0 Å². The van der Waals surface area contributed by atoms with Crippen LogP contribution in [0, 0.1) is 5.92 Å². The lowest BCUT2D eigenvalue weighted by molar-refractivity contribution is 0.213. The van der Waals surface area contributed by atoms with Crippen molar-refractivity contribution in [2.24, 2.45) is 5.92 Å². The van der Waals surface area contributed by atoms with Crippen molar-refractivity contribution in [1.29, 1.82) is 0 Å². The number of amides is 2. The first-order valence-electron chi connectivity index (χ1n) is 9.20. The first-order chi connectivity index (χ1) is 11.7. The topological polar surface area (TPSA) is 64.6 Å². The largest absolute Gasteiger partial charge is 0.394 e. The van der Waals surface area contributed by atoms with Gasteiger partial charge in [-0.3, -0.25) is 0 Å². The fraction of sp³-hybridized carbons (Fsp3) is 0.632. The molecule has 24 heavy (non-hydrogen) atoms. The minimum Gasteiger partial charge on any atom is -0.394 e. The standard InChI is InChI=1S/C19H29N3O2/c23-14-18(16-8-2-1-3-9-16)21-19(24)20-17-10-11-22(13-17)12-15-6-4-5-7-15/h1-3,8-9,15,17-18,23H,4-7,10-14H2,(H2,20,21,24)/t17?,18-/m1/s1. The number of urea groups is 1. The van der Waals surface area contributed by atoms with Gasteiger partial charge in [-0.2, -0.15) is 0 Å². The summed E-state index contributed by atoms with van der Waals surface area (Å²) in [5.41, 5.74) is 0.921. The van der Waals surface area contributed by atoms with Gasteiger partial charge < -0.3 is 20.6 Å². The predicted molar refractivity (Wildman–Crippen MR) is 94.7 cm³/mol. The van der Waals surface area contributed by atoms with Gasteiger partial charge in [0.15, 0.2) is 0 Å². The molecule has 0 radical (unpaired) electrons. The van der Waals surface area contributed by atoms with Crippen molar-refractivity contribution in [3.05, 3.63) is 35.9 Å². The lowest BCUT2D eigenvalue weighted by Crippen LogP contribution is -2.45. The van der Waals surface area contributed by atoms with Gasteiger partial charge in [-0.05, 0) is 30.7 Å². The number of nitrogens with zero attached hydrogens (tertiary/aromatic N) is 1. The van der Waals surface area contributed by atoms with Crippen molar-refractivity contribution in [2.75, 3.05) is 26.2 Å². The SMILES string of the molecule is O=C(NC1CCN(CC2CCCC2)C1)N[C@H](CO)c1ccccc1. The smallest absolute Gasteiger partial charge is 0.315 e. The van der Waals surface area contributed by atoms with Crippen LogP contribution in [0.2, 0.25) is 0 Å². The third-order valence-electron chi connectivity index (χ3n) is 5.29. The summed E-state index contributed by atoms with van der Waals surface area (Å²) >= 11 is 0. The molecule has 5 heteroatoms. The van der Waals surface area contributed by atoms with Gasteiger partial charge in [0.2, 0.25) is 0 Å². The molecule has 132 valence electrons. The number of carbonyl (C=O) groups is 1. The van der Waals surface area contributed by atoms with Crippen LogP contribution in [0.1, 0.15) is 43.7 Å². The summed E-state index contributed by atoms with van der Waals surface area (Å²) in [6.07, 6.45) is 6.50. The number of benzene rings is 1. The average Bonchev–Trinajstić information content (AvgIpc) is 3.26. The van der Waals surface area contributed by atoms with Gasteiger partial charge in [0.1, 0.15) is 0 Å². The second-order valence-corrected chi connectivity index (χ2v) is 7.16. The van der Waals surface area contributed by atoms with Crippen LogP contribution >= 0.6 is 0 Å². The van der Waals surface area contributed by atoms with Crippen molar-refractivity contribution in [3.8, 4) is 0 Å². The molecule has 1 unspecified atom stereocenters. The minimum absolute atomic E-state index is 0.101. The van der Waals surface area contributed by atoms with E-state index in [1.165, 1.54) is 32.2 Å². The number of carbonyl (C=O) groups excluding carboxylic acids is 1. The highest BCUT2D eigenvalue weighted by Gasteiger charge is 2.27. The van der Waals surface area contributed by atoms with E-state index in [2.05, 4.69) is 15.5 Å². The Hall–Kier alpha value is -1.59. The lowest BCUT2D eigenvalue weighted by atomic mass is 10.1. The summed E-state index contributed by atoms with van der Waals surface area (Å²) in [5, 5.41) is 15.5. The quantitative estimate of drug-likeness (QED) is 0.749. The fourth-order valence-electron chi connectivity index (χ4n) is 3.98. The molecule has 1 aromatic rings. The van der Waals surface area contributed by atoms with E-state index in [4.69, 9.17) is 0 Å². The highest BCUT2D eigenvalue weighted by atomic mass is 16.3. The monoisotopic (exact) mass is 331 g/mol. The van der Waals surface area contributed by atoms with Gasteiger partial charge in [0, 0.05) is 25.7 Å². The summed E-state index contributed by atoms with van der Waals surface area (Å²) in [7, 11) is 0. The summed E-state index contributed by atoms with van der Waals surface area (Å²) < 4.78 is 0. The van der Waals surface area contributed by atoms with E-state index in [0.717, 1.165) is 31.0 Å². The molecule has 1 saturated heterocycles. The molecule has 0 spiro atoms. The number of hydrogen-bond donors (Lipinski definition) is 3. The molecule has 1 aromatic carbocycles. The maximum Gasteiger partial charge on any atom is 0.315 e. The molecule has 2 amide bonds. The van der Waals surface area contributed by atoms with Crippen molar-refractivity contribution in [2.45, 2.75) is 44.2 Å². The maximum atomic E-state index is 12.2. The Morgan fingerprint density at radius 2 is 1.96 bits per heavy atom. The normalized spacial score (nSPS) is 23.3. The number of aliphatic hydroxyl groups excluding tert-OH is 1. The van der Waals surface area contributed by atoms with Gasteiger partial charge in [0.25, 0.3) is 0 Å². The van der Waals surface area contributed by atoms with Crippen molar-refractivity contribution in [3.63, 3.8) is 0 Å². The molecule has 1 aliphatic heterocycles. The van der Waals surface area contributed by atoms with Gasteiger partial charge in [-0.1, -0.05) is 43.2 Å². The third kappa shape index (κ3) is 4.71. The van der Waals surface area contributed by atoms with Crippen molar-refractivity contribution < 1.29 is 9.90 Å². The molecule has 2 fully saturated rings. The highest BCUT2D eigenvalue weighted by molar-refractivity contribution is 5.74.